The third-order valence-electron chi connectivity index (χ3n) is 4.00. The summed E-state index contributed by atoms with van der Waals surface area (Å²) in [5, 5.41) is 3.39. The van der Waals surface area contributed by atoms with Gasteiger partial charge >= 0.3 is 0 Å². The van der Waals surface area contributed by atoms with Gasteiger partial charge in [-0.05, 0) is 49.2 Å². The van der Waals surface area contributed by atoms with Crippen LogP contribution in [0.1, 0.15) is 25.7 Å². The molecule has 132 valence electrons. The Morgan fingerprint density at radius 1 is 1.12 bits per heavy atom. The number of carbonyl (C=O) groups is 1. The SMILES string of the molecule is O=C(COc1ccc(F)cc1F)Nc1ccc(SC2CCCC2)cc1. The molecule has 6 heteroatoms. The maximum Gasteiger partial charge on any atom is 0.262 e. The predicted octanol–water partition coefficient (Wildman–Crippen LogP) is 5.02. The molecule has 0 aliphatic heterocycles. The maximum absolute atomic E-state index is 13.4. The standard InChI is InChI=1S/C19H19F2NO2S/c20-13-5-10-18(17(21)11-13)24-12-19(23)22-14-6-8-16(9-7-14)25-15-3-1-2-4-15/h5-11,15H,1-4,12H2,(H,22,23). The lowest BCUT2D eigenvalue weighted by Crippen LogP contribution is -2.20. The minimum Gasteiger partial charge on any atom is -0.481 e. The van der Waals surface area contributed by atoms with Gasteiger partial charge in [0.25, 0.3) is 5.91 Å². The van der Waals surface area contributed by atoms with Crippen molar-refractivity contribution in [3.8, 4) is 5.75 Å². The molecule has 2 aromatic carbocycles. The van der Waals surface area contributed by atoms with E-state index in [2.05, 4.69) is 5.32 Å². The minimum absolute atomic E-state index is 0.153. The lowest BCUT2D eigenvalue weighted by Gasteiger charge is -2.10. The van der Waals surface area contributed by atoms with Crippen LogP contribution in [0.15, 0.2) is 47.4 Å². The zero-order valence-electron chi connectivity index (χ0n) is 13.6. The van der Waals surface area contributed by atoms with Crippen LogP contribution in [0.25, 0.3) is 0 Å². The molecular formula is C19H19F2NO2S. The normalized spacial score (nSPS) is 14.5. The van der Waals surface area contributed by atoms with Crippen LogP contribution in [0.3, 0.4) is 0 Å². The molecule has 0 heterocycles. The van der Waals surface area contributed by atoms with Gasteiger partial charge in [0.2, 0.25) is 0 Å². The highest BCUT2D eigenvalue weighted by atomic mass is 32.2. The monoisotopic (exact) mass is 363 g/mol. The fourth-order valence-electron chi connectivity index (χ4n) is 2.75. The Labute approximate surface area is 149 Å². The number of carbonyl (C=O) groups excluding carboxylic acids is 1. The molecule has 0 aromatic heterocycles. The van der Waals surface area contributed by atoms with Gasteiger partial charge in [-0.2, -0.15) is 0 Å². The van der Waals surface area contributed by atoms with Crippen molar-refractivity contribution in [1.29, 1.82) is 0 Å². The summed E-state index contributed by atoms with van der Waals surface area (Å²) in [6.45, 7) is -0.346. The molecule has 0 spiro atoms. The first kappa shape index (κ1) is 17.7. The number of nitrogens with one attached hydrogen (secondary N) is 1. The van der Waals surface area contributed by atoms with Crippen LogP contribution >= 0.6 is 11.8 Å². The Balaban J connectivity index is 1.48. The van der Waals surface area contributed by atoms with Gasteiger partial charge in [0.15, 0.2) is 18.2 Å². The third kappa shape index (κ3) is 5.19. The van der Waals surface area contributed by atoms with Crippen LogP contribution in [0.2, 0.25) is 0 Å². The van der Waals surface area contributed by atoms with Crippen molar-refractivity contribution in [3.63, 3.8) is 0 Å². The van der Waals surface area contributed by atoms with Crippen molar-refractivity contribution >= 4 is 23.4 Å². The van der Waals surface area contributed by atoms with Crippen LogP contribution in [0, 0.1) is 11.6 Å². The van der Waals surface area contributed by atoms with E-state index in [4.69, 9.17) is 4.74 Å². The van der Waals surface area contributed by atoms with Crippen molar-refractivity contribution in [1.82, 2.24) is 0 Å². The number of hydrogen-bond acceptors (Lipinski definition) is 3. The number of rotatable bonds is 6. The summed E-state index contributed by atoms with van der Waals surface area (Å²) in [7, 11) is 0. The van der Waals surface area contributed by atoms with Gasteiger partial charge in [0.1, 0.15) is 5.82 Å². The van der Waals surface area contributed by atoms with E-state index in [9.17, 15) is 13.6 Å². The van der Waals surface area contributed by atoms with Gasteiger partial charge in [0, 0.05) is 21.9 Å². The van der Waals surface area contributed by atoms with Crippen molar-refractivity contribution < 1.29 is 18.3 Å². The van der Waals surface area contributed by atoms with E-state index >= 15 is 0 Å². The average molecular weight is 363 g/mol. The van der Waals surface area contributed by atoms with Gasteiger partial charge in [-0.1, -0.05) is 12.8 Å². The molecule has 0 bridgehead atoms. The Morgan fingerprint density at radius 2 is 1.84 bits per heavy atom. The van der Waals surface area contributed by atoms with Crippen molar-refractivity contribution in [2.75, 3.05) is 11.9 Å². The molecule has 1 aliphatic rings. The molecule has 0 unspecified atom stereocenters. The van der Waals surface area contributed by atoms with E-state index in [1.807, 2.05) is 36.0 Å². The maximum atomic E-state index is 13.4. The zero-order chi connectivity index (χ0) is 17.6. The Bertz CT molecular complexity index is 731. The smallest absolute Gasteiger partial charge is 0.262 e. The molecule has 1 saturated carbocycles. The first-order valence-corrected chi connectivity index (χ1v) is 9.12. The van der Waals surface area contributed by atoms with E-state index in [1.165, 1.54) is 30.6 Å². The van der Waals surface area contributed by atoms with E-state index in [-0.39, 0.29) is 12.4 Å². The summed E-state index contributed by atoms with van der Waals surface area (Å²) in [5.41, 5.74) is 0.656. The lowest BCUT2D eigenvalue weighted by molar-refractivity contribution is -0.118. The fourth-order valence-corrected chi connectivity index (χ4v) is 4.00. The largest absolute Gasteiger partial charge is 0.481 e. The minimum atomic E-state index is -0.832. The Morgan fingerprint density at radius 3 is 2.52 bits per heavy atom. The average Bonchev–Trinajstić information content (AvgIpc) is 3.09. The van der Waals surface area contributed by atoms with Crippen LogP contribution in [0.5, 0.6) is 5.75 Å². The summed E-state index contributed by atoms with van der Waals surface area (Å²) in [4.78, 5) is 13.1. The summed E-state index contributed by atoms with van der Waals surface area (Å²) in [6.07, 6.45) is 5.14. The zero-order valence-corrected chi connectivity index (χ0v) is 14.5. The third-order valence-corrected chi connectivity index (χ3v) is 5.34. The fraction of sp³-hybridized carbons (Fsp3) is 0.316. The number of halogens is 2. The number of ether oxygens (including phenoxy) is 1. The van der Waals surface area contributed by atoms with Crippen molar-refractivity contribution in [2.24, 2.45) is 0 Å². The van der Waals surface area contributed by atoms with Crippen LogP contribution in [-0.2, 0) is 4.79 Å². The lowest BCUT2D eigenvalue weighted by atomic mass is 10.3. The second-order valence-electron chi connectivity index (χ2n) is 5.96. The first-order valence-electron chi connectivity index (χ1n) is 8.24. The van der Waals surface area contributed by atoms with E-state index < -0.39 is 17.5 Å². The molecule has 0 radical (unpaired) electrons. The second-order valence-corrected chi connectivity index (χ2v) is 7.33. The molecule has 1 N–H and O–H groups in total. The van der Waals surface area contributed by atoms with Gasteiger partial charge in [-0.3, -0.25) is 4.79 Å². The Hall–Kier alpha value is -2.08. The quantitative estimate of drug-likeness (QED) is 0.783. The molecule has 3 nitrogen and oxygen atoms in total. The van der Waals surface area contributed by atoms with E-state index in [1.54, 1.807) is 0 Å². The van der Waals surface area contributed by atoms with E-state index in [0.717, 1.165) is 12.1 Å². The summed E-state index contributed by atoms with van der Waals surface area (Å²) in [5.74, 6) is -2.08. The molecule has 1 aliphatic carbocycles. The highest BCUT2D eigenvalue weighted by Crippen LogP contribution is 2.34. The first-order chi connectivity index (χ1) is 12.1. The summed E-state index contributed by atoms with van der Waals surface area (Å²) >= 11 is 1.88. The molecule has 0 saturated heterocycles. The topological polar surface area (TPSA) is 38.3 Å². The van der Waals surface area contributed by atoms with E-state index in [0.29, 0.717) is 17.0 Å². The molecular weight excluding hydrogens is 344 g/mol. The number of amides is 1. The van der Waals surface area contributed by atoms with Crippen molar-refractivity contribution in [2.45, 2.75) is 35.8 Å². The second kappa shape index (κ2) is 8.34. The summed E-state index contributed by atoms with van der Waals surface area (Å²) in [6, 6.07) is 10.6. The highest BCUT2D eigenvalue weighted by molar-refractivity contribution is 8.00. The molecule has 2 aromatic rings. The predicted molar refractivity (Wildman–Crippen MR) is 95.0 cm³/mol. The van der Waals surface area contributed by atoms with Gasteiger partial charge < -0.3 is 10.1 Å². The van der Waals surface area contributed by atoms with Gasteiger partial charge in [-0.15, -0.1) is 11.8 Å². The molecule has 3 rings (SSSR count). The number of thioether (sulfide) groups is 1. The van der Waals surface area contributed by atoms with Gasteiger partial charge in [0.05, 0.1) is 0 Å². The van der Waals surface area contributed by atoms with Gasteiger partial charge in [-0.25, -0.2) is 8.78 Å². The molecule has 1 fully saturated rings. The van der Waals surface area contributed by atoms with Crippen LogP contribution in [-0.4, -0.2) is 17.8 Å². The van der Waals surface area contributed by atoms with Crippen molar-refractivity contribution in [3.05, 3.63) is 54.1 Å². The molecule has 0 atom stereocenters. The number of benzene rings is 2. The van der Waals surface area contributed by atoms with Crippen LogP contribution < -0.4 is 10.1 Å². The highest BCUT2D eigenvalue weighted by Gasteiger charge is 2.16. The number of hydrogen-bond donors (Lipinski definition) is 1. The summed E-state index contributed by atoms with van der Waals surface area (Å²) < 4.78 is 31.3. The molecule has 1 amide bonds. The molecule has 25 heavy (non-hydrogen) atoms. The van der Waals surface area contributed by atoms with Crippen LogP contribution in [0.4, 0.5) is 14.5 Å². The number of anilines is 1. The Kier molecular flexibility index (Phi) is 5.91.